The summed E-state index contributed by atoms with van der Waals surface area (Å²) >= 11 is 0. The SMILES string of the molecule is CC(C)(c1cccc(O)c1)C(O)C(=O)O. The average molecular weight is 210 g/mol. The maximum atomic E-state index is 10.7. The Labute approximate surface area is 87.8 Å². The highest BCUT2D eigenvalue weighted by Crippen LogP contribution is 2.29. The molecule has 4 nitrogen and oxygen atoms in total. The number of aromatic hydroxyl groups is 1. The van der Waals surface area contributed by atoms with Crippen molar-refractivity contribution in [3.63, 3.8) is 0 Å². The monoisotopic (exact) mass is 210 g/mol. The highest BCUT2D eigenvalue weighted by atomic mass is 16.4. The van der Waals surface area contributed by atoms with E-state index in [1.807, 2.05) is 0 Å². The number of phenolic OH excluding ortho intramolecular Hbond substituents is 1. The van der Waals surface area contributed by atoms with E-state index in [9.17, 15) is 15.0 Å². The van der Waals surface area contributed by atoms with Gasteiger partial charge in [-0.15, -0.1) is 0 Å². The van der Waals surface area contributed by atoms with Gasteiger partial charge in [-0.05, 0) is 17.7 Å². The topological polar surface area (TPSA) is 77.8 Å². The predicted octanol–water partition coefficient (Wildman–Crippen LogP) is 1.12. The molecule has 0 aliphatic carbocycles. The Morgan fingerprint density at radius 1 is 1.40 bits per heavy atom. The fraction of sp³-hybridized carbons (Fsp3) is 0.364. The number of carboxylic acid groups (broad SMARTS) is 1. The average Bonchev–Trinajstić information content (AvgIpc) is 2.16. The van der Waals surface area contributed by atoms with E-state index in [0.717, 1.165) is 0 Å². The highest BCUT2D eigenvalue weighted by Gasteiger charge is 2.35. The lowest BCUT2D eigenvalue weighted by molar-refractivity contribution is -0.150. The van der Waals surface area contributed by atoms with E-state index in [1.165, 1.54) is 12.1 Å². The van der Waals surface area contributed by atoms with E-state index in [2.05, 4.69) is 0 Å². The second kappa shape index (κ2) is 3.90. The van der Waals surface area contributed by atoms with E-state index in [-0.39, 0.29) is 5.75 Å². The number of hydrogen-bond donors (Lipinski definition) is 3. The van der Waals surface area contributed by atoms with Crippen molar-refractivity contribution in [3.8, 4) is 5.75 Å². The molecular weight excluding hydrogens is 196 g/mol. The number of carboxylic acids is 1. The van der Waals surface area contributed by atoms with Crippen LogP contribution in [0.4, 0.5) is 0 Å². The molecule has 0 saturated carbocycles. The van der Waals surface area contributed by atoms with Crippen LogP contribution in [0.2, 0.25) is 0 Å². The van der Waals surface area contributed by atoms with Crippen LogP contribution in [0.25, 0.3) is 0 Å². The third-order valence-electron chi connectivity index (χ3n) is 2.51. The number of benzene rings is 1. The number of phenols is 1. The zero-order chi connectivity index (χ0) is 11.6. The van der Waals surface area contributed by atoms with Gasteiger partial charge in [-0.3, -0.25) is 0 Å². The van der Waals surface area contributed by atoms with Gasteiger partial charge in [-0.1, -0.05) is 26.0 Å². The van der Waals surface area contributed by atoms with Gasteiger partial charge in [-0.25, -0.2) is 4.79 Å². The van der Waals surface area contributed by atoms with Gasteiger partial charge < -0.3 is 15.3 Å². The molecule has 0 aliphatic heterocycles. The van der Waals surface area contributed by atoms with Crippen LogP contribution in [-0.2, 0) is 10.2 Å². The van der Waals surface area contributed by atoms with E-state index in [0.29, 0.717) is 5.56 Å². The maximum absolute atomic E-state index is 10.7. The summed E-state index contributed by atoms with van der Waals surface area (Å²) in [6, 6.07) is 6.23. The smallest absolute Gasteiger partial charge is 0.333 e. The van der Waals surface area contributed by atoms with Gasteiger partial charge in [0.1, 0.15) is 5.75 Å². The number of hydrogen-bond acceptors (Lipinski definition) is 3. The summed E-state index contributed by atoms with van der Waals surface area (Å²) in [5, 5.41) is 27.5. The summed E-state index contributed by atoms with van der Waals surface area (Å²) < 4.78 is 0. The molecule has 1 aromatic carbocycles. The fourth-order valence-corrected chi connectivity index (χ4v) is 1.37. The molecule has 0 bridgehead atoms. The van der Waals surface area contributed by atoms with Crippen molar-refractivity contribution in [1.29, 1.82) is 0 Å². The molecule has 0 radical (unpaired) electrons. The molecule has 0 spiro atoms. The van der Waals surface area contributed by atoms with Crippen molar-refractivity contribution in [2.24, 2.45) is 0 Å². The first-order valence-electron chi connectivity index (χ1n) is 4.56. The summed E-state index contributed by atoms with van der Waals surface area (Å²) in [6.07, 6.45) is -1.50. The molecule has 0 saturated heterocycles. The van der Waals surface area contributed by atoms with E-state index in [1.54, 1.807) is 26.0 Å². The number of rotatable bonds is 3. The number of aliphatic hydroxyl groups excluding tert-OH is 1. The quantitative estimate of drug-likeness (QED) is 0.698. The molecule has 0 aromatic heterocycles. The summed E-state index contributed by atoms with van der Waals surface area (Å²) in [4.78, 5) is 10.7. The van der Waals surface area contributed by atoms with E-state index in [4.69, 9.17) is 5.11 Å². The van der Waals surface area contributed by atoms with Crippen molar-refractivity contribution in [1.82, 2.24) is 0 Å². The summed E-state index contributed by atoms with van der Waals surface area (Å²) in [5.41, 5.74) is -0.359. The molecule has 1 atom stereocenters. The molecule has 0 heterocycles. The van der Waals surface area contributed by atoms with Crippen molar-refractivity contribution in [3.05, 3.63) is 29.8 Å². The van der Waals surface area contributed by atoms with Gasteiger partial charge in [0.05, 0.1) is 0 Å². The summed E-state index contributed by atoms with van der Waals surface area (Å²) in [6.45, 7) is 3.22. The van der Waals surface area contributed by atoms with Gasteiger partial charge >= 0.3 is 5.97 Å². The van der Waals surface area contributed by atoms with Gasteiger partial charge in [0.25, 0.3) is 0 Å². The lowest BCUT2D eigenvalue weighted by Crippen LogP contribution is -2.39. The van der Waals surface area contributed by atoms with Crippen molar-refractivity contribution < 1.29 is 20.1 Å². The first-order chi connectivity index (χ1) is 6.85. The van der Waals surface area contributed by atoms with Crippen LogP contribution in [0.1, 0.15) is 19.4 Å². The van der Waals surface area contributed by atoms with Crippen molar-refractivity contribution in [2.45, 2.75) is 25.4 Å². The van der Waals surface area contributed by atoms with Gasteiger partial charge in [0.2, 0.25) is 0 Å². The van der Waals surface area contributed by atoms with Crippen LogP contribution >= 0.6 is 0 Å². The number of carbonyl (C=O) groups is 1. The van der Waals surface area contributed by atoms with Crippen LogP contribution in [0, 0.1) is 0 Å². The standard InChI is InChI=1S/C11H14O4/c1-11(2,9(13)10(14)15)7-4-3-5-8(12)6-7/h3-6,9,12-13H,1-2H3,(H,14,15). The van der Waals surface area contributed by atoms with Crippen molar-refractivity contribution >= 4 is 5.97 Å². The van der Waals surface area contributed by atoms with Crippen LogP contribution in [0.15, 0.2) is 24.3 Å². The van der Waals surface area contributed by atoms with Crippen molar-refractivity contribution in [2.75, 3.05) is 0 Å². The molecule has 1 rings (SSSR count). The molecule has 0 fully saturated rings. The first kappa shape index (κ1) is 11.5. The van der Waals surface area contributed by atoms with E-state index < -0.39 is 17.5 Å². The van der Waals surface area contributed by atoms with Crippen LogP contribution in [0.3, 0.4) is 0 Å². The molecule has 0 aliphatic rings. The van der Waals surface area contributed by atoms with Crippen LogP contribution in [-0.4, -0.2) is 27.4 Å². The fourth-order valence-electron chi connectivity index (χ4n) is 1.37. The zero-order valence-electron chi connectivity index (χ0n) is 8.64. The Kier molecular flexibility index (Phi) is 3.00. The normalized spacial score (nSPS) is 13.5. The largest absolute Gasteiger partial charge is 0.508 e. The van der Waals surface area contributed by atoms with Gasteiger partial charge in [-0.2, -0.15) is 0 Å². The first-order valence-corrected chi connectivity index (χ1v) is 4.56. The molecule has 4 heteroatoms. The Bertz CT molecular complexity index is 371. The maximum Gasteiger partial charge on any atom is 0.333 e. The lowest BCUT2D eigenvalue weighted by Gasteiger charge is -2.28. The Morgan fingerprint density at radius 3 is 2.47 bits per heavy atom. The molecule has 1 unspecified atom stereocenters. The predicted molar refractivity (Wildman–Crippen MR) is 54.8 cm³/mol. The minimum Gasteiger partial charge on any atom is -0.508 e. The van der Waals surface area contributed by atoms with Crippen LogP contribution < -0.4 is 0 Å². The summed E-state index contributed by atoms with van der Waals surface area (Å²) in [7, 11) is 0. The zero-order valence-corrected chi connectivity index (χ0v) is 8.64. The molecule has 15 heavy (non-hydrogen) atoms. The van der Waals surface area contributed by atoms with E-state index >= 15 is 0 Å². The molecule has 82 valence electrons. The van der Waals surface area contributed by atoms with Crippen LogP contribution in [0.5, 0.6) is 5.75 Å². The molecule has 3 N–H and O–H groups in total. The molecule has 1 aromatic rings. The summed E-state index contributed by atoms with van der Waals surface area (Å²) in [5.74, 6) is -1.22. The van der Waals surface area contributed by atoms with Gasteiger partial charge in [0.15, 0.2) is 6.10 Å². The highest BCUT2D eigenvalue weighted by molar-refractivity contribution is 5.74. The minimum atomic E-state index is -1.50. The Balaban J connectivity index is 3.10. The Hall–Kier alpha value is -1.55. The second-order valence-electron chi connectivity index (χ2n) is 4.01. The molecular formula is C11H14O4. The Morgan fingerprint density at radius 2 is 2.00 bits per heavy atom. The minimum absolute atomic E-state index is 0.0539. The van der Waals surface area contributed by atoms with Gasteiger partial charge in [0, 0.05) is 5.41 Å². The third-order valence-corrected chi connectivity index (χ3v) is 2.51. The number of aliphatic hydroxyl groups is 1. The lowest BCUT2D eigenvalue weighted by atomic mass is 9.79. The third kappa shape index (κ3) is 2.27. The molecule has 0 amide bonds. The number of aliphatic carboxylic acids is 1. The second-order valence-corrected chi connectivity index (χ2v) is 4.01.